The summed E-state index contributed by atoms with van der Waals surface area (Å²) in [7, 11) is 0. The fourth-order valence-corrected chi connectivity index (χ4v) is 3.11. The van der Waals surface area contributed by atoms with Gasteiger partial charge in [0.2, 0.25) is 0 Å². The highest BCUT2D eigenvalue weighted by atomic mass is 35.5. The zero-order chi connectivity index (χ0) is 17.3. The average Bonchev–Trinajstić information content (AvgIpc) is 2.49. The highest BCUT2D eigenvalue weighted by Crippen LogP contribution is 2.41. The van der Waals surface area contributed by atoms with Crippen molar-refractivity contribution >= 4 is 12.4 Å². The van der Waals surface area contributed by atoms with E-state index in [0.29, 0.717) is 18.7 Å². The van der Waals surface area contributed by atoms with Crippen LogP contribution in [0.4, 0.5) is 17.6 Å². The molecule has 1 fully saturated rings. The van der Waals surface area contributed by atoms with Gasteiger partial charge in [-0.05, 0) is 17.7 Å². The van der Waals surface area contributed by atoms with E-state index in [0.717, 1.165) is 25.2 Å². The number of hydrogen-bond acceptors (Lipinski definition) is 3. The van der Waals surface area contributed by atoms with E-state index in [-0.39, 0.29) is 19.0 Å². The monoisotopic (exact) mass is 370 g/mol. The number of piperazine rings is 1. The lowest BCUT2D eigenvalue weighted by atomic mass is 9.79. The second kappa shape index (κ2) is 7.99. The van der Waals surface area contributed by atoms with Crippen molar-refractivity contribution in [3.05, 3.63) is 35.1 Å². The molecule has 0 radical (unpaired) electrons. The zero-order valence-corrected chi connectivity index (χ0v) is 14.5. The minimum atomic E-state index is -4.74. The van der Waals surface area contributed by atoms with Crippen LogP contribution in [0.25, 0.3) is 0 Å². The van der Waals surface area contributed by atoms with Crippen molar-refractivity contribution in [1.29, 1.82) is 0 Å². The first kappa shape index (κ1) is 21.2. The van der Waals surface area contributed by atoms with Crippen LogP contribution in [0.2, 0.25) is 0 Å². The Kier molecular flexibility index (Phi) is 7.04. The Morgan fingerprint density at radius 2 is 1.79 bits per heavy atom. The van der Waals surface area contributed by atoms with Crippen LogP contribution >= 0.6 is 12.4 Å². The van der Waals surface area contributed by atoms with Gasteiger partial charge in [-0.3, -0.25) is 4.90 Å². The second-order valence-corrected chi connectivity index (χ2v) is 6.57. The van der Waals surface area contributed by atoms with Gasteiger partial charge in [0.1, 0.15) is 5.82 Å². The molecule has 1 aromatic rings. The van der Waals surface area contributed by atoms with Crippen molar-refractivity contribution < 1.29 is 22.7 Å². The first-order valence-electron chi connectivity index (χ1n) is 7.59. The molecule has 138 valence electrons. The number of rotatable bonds is 4. The van der Waals surface area contributed by atoms with Crippen LogP contribution in [0, 0.1) is 11.2 Å². The van der Waals surface area contributed by atoms with Crippen LogP contribution in [0.3, 0.4) is 0 Å². The third-order valence-corrected chi connectivity index (χ3v) is 4.28. The van der Waals surface area contributed by atoms with Crippen LogP contribution in [-0.2, 0) is 6.18 Å². The molecule has 0 spiro atoms. The van der Waals surface area contributed by atoms with Crippen molar-refractivity contribution in [2.45, 2.75) is 26.1 Å². The van der Waals surface area contributed by atoms with E-state index < -0.39 is 29.0 Å². The molecule has 2 N–H and O–H groups in total. The summed E-state index contributed by atoms with van der Waals surface area (Å²) in [5.74, 6) is -1.28. The van der Waals surface area contributed by atoms with Gasteiger partial charge in [-0.15, -0.1) is 12.4 Å². The van der Waals surface area contributed by atoms with E-state index in [9.17, 15) is 22.7 Å². The minimum Gasteiger partial charge on any atom is -0.396 e. The summed E-state index contributed by atoms with van der Waals surface area (Å²) >= 11 is 0. The number of hydrogen-bond donors (Lipinski definition) is 2. The Balaban J connectivity index is 0.00000288. The van der Waals surface area contributed by atoms with Crippen LogP contribution in [0.5, 0.6) is 0 Å². The Labute approximate surface area is 145 Å². The summed E-state index contributed by atoms with van der Waals surface area (Å²) in [5.41, 5.74) is -1.54. The fourth-order valence-electron chi connectivity index (χ4n) is 3.11. The smallest absolute Gasteiger partial charge is 0.396 e. The minimum absolute atomic E-state index is 0. The number of benzene rings is 1. The maximum absolute atomic E-state index is 13.6. The summed E-state index contributed by atoms with van der Waals surface area (Å²) in [5, 5.41) is 12.9. The molecule has 0 bridgehead atoms. The number of halogens is 5. The summed E-state index contributed by atoms with van der Waals surface area (Å²) in [6.45, 7) is 6.20. The normalized spacial score (nSPS) is 18.1. The molecule has 0 aromatic heterocycles. The van der Waals surface area contributed by atoms with Crippen LogP contribution < -0.4 is 5.32 Å². The molecule has 3 nitrogen and oxygen atoms in total. The van der Waals surface area contributed by atoms with Gasteiger partial charge in [-0.25, -0.2) is 4.39 Å². The molecule has 1 saturated heterocycles. The molecule has 2 rings (SSSR count). The van der Waals surface area contributed by atoms with Gasteiger partial charge < -0.3 is 10.4 Å². The zero-order valence-electron chi connectivity index (χ0n) is 13.7. The molecule has 1 heterocycles. The standard InChI is InChI=1S/C16H22F4N2O.ClH/c1-15(2,10-23)14(22-7-5-21-6-8-22)11-3-4-13(17)12(9-11)16(18,19)20;/h3-4,9,14,21,23H,5-8,10H2,1-2H3;1H/t14-;/m0./s1. The molecule has 1 aliphatic rings. The van der Waals surface area contributed by atoms with Crippen molar-refractivity contribution in [2.75, 3.05) is 32.8 Å². The average molecular weight is 371 g/mol. The molecule has 0 unspecified atom stereocenters. The summed E-state index contributed by atoms with van der Waals surface area (Å²) in [6, 6.07) is 2.70. The van der Waals surface area contributed by atoms with Gasteiger partial charge in [0.15, 0.2) is 0 Å². The third kappa shape index (κ3) is 4.59. The van der Waals surface area contributed by atoms with E-state index in [1.54, 1.807) is 13.8 Å². The summed E-state index contributed by atoms with van der Waals surface area (Å²) in [6.07, 6.45) is -4.74. The Morgan fingerprint density at radius 3 is 2.29 bits per heavy atom. The lowest BCUT2D eigenvalue weighted by Crippen LogP contribution is -2.49. The molecular weight excluding hydrogens is 348 g/mol. The van der Waals surface area contributed by atoms with Gasteiger partial charge in [0, 0.05) is 44.2 Å². The van der Waals surface area contributed by atoms with E-state index in [1.807, 2.05) is 4.90 Å². The summed E-state index contributed by atoms with van der Waals surface area (Å²) < 4.78 is 52.6. The van der Waals surface area contributed by atoms with Gasteiger partial charge in [-0.2, -0.15) is 13.2 Å². The van der Waals surface area contributed by atoms with Gasteiger partial charge in [-0.1, -0.05) is 19.9 Å². The van der Waals surface area contributed by atoms with Crippen LogP contribution in [0.1, 0.15) is 31.0 Å². The first-order valence-corrected chi connectivity index (χ1v) is 7.59. The van der Waals surface area contributed by atoms with E-state index >= 15 is 0 Å². The molecule has 1 aromatic carbocycles. The highest BCUT2D eigenvalue weighted by molar-refractivity contribution is 5.85. The number of aliphatic hydroxyl groups is 1. The second-order valence-electron chi connectivity index (χ2n) is 6.57. The number of alkyl halides is 3. The molecule has 0 aliphatic carbocycles. The van der Waals surface area contributed by atoms with Crippen molar-refractivity contribution in [3.63, 3.8) is 0 Å². The molecule has 1 aliphatic heterocycles. The number of aliphatic hydroxyl groups excluding tert-OH is 1. The Morgan fingerprint density at radius 1 is 1.21 bits per heavy atom. The molecule has 1 atom stereocenters. The lowest BCUT2D eigenvalue weighted by Gasteiger charge is -2.43. The predicted octanol–water partition coefficient (Wildman–Crippen LogP) is 3.23. The van der Waals surface area contributed by atoms with Crippen LogP contribution in [-0.4, -0.2) is 42.8 Å². The van der Waals surface area contributed by atoms with Gasteiger partial charge >= 0.3 is 6.18 Å². The summed E-state index contributed by atoms with van der Waals surface area (Å²) in [4.78, 5) is 2.04. The SMILES string of the molecule is CC(C)(CO)[C@H](c1ccc(F)c(C(F)(F)F)c1)N1CCNCC1.Cl. The Bertz CT molecular complexity index is 545. The lowest BCUT2D eigenvalue weighted by molar-refractivity contribution is -0.140. The van der Waals surface area contributed by atoms with E-state index in [4.69, 9.17) is 0 Å². The Hall–Kier alpha value is -0.890. The largest absolute Gasteiger partial charge is 0.419 e. The molecular formula is C16H23ClF4N2O. The van der Waals surface area contributed by atoms with Gasteiger partial charge in [0.25, 0.3) is 0 Å². The topological polar surface area (TPSA) is 35.5 Å². The number of nitrogens with zero attached hydrogens (tertiary/aromatic N) is 1. The maximum atomic E-state index is 13.6. The molecule has 0 amide bonds. The fraction of sp³-hybridized carbons (Fsp3) is 0.625. The number of nitrogens with one attached hydrogen (secondary N) is 1. The van der Waals surface area contributed by atoms with Crippen LogP contribution in [0.15, 0.2) is 18.2 Å². The van der Waals surface area contributed by atoms with Crippen molar-refractivity contribution in [2.24, 2.45) is 5.41 Å². The molecule has 8 heteroatoms. The van der Waals surface area contributed by atoms with E-state index in [2.05, 4.69) is 5.32 Å². The van der Waals surface area contributed by atoms with Gasteiger partial charge in [0.05, 0.1) is 5.56 Å². The molecule has 0 saturated carbocycles. The van der Waals surface area contributed by atoms with E-state index in [1.165, 1.54) is 6.07 Å². The predicted molar refractivity (Wildman–Crippen MR) is 86.7 cm³/mol. The first-order chi connectivity index (χ1) is 10.7. The maximum Gasteiger partial charge on any atom is 0.419 e. The quantitative estimate of drug-likeness (QED) is 0.799. The van der Waals surface area contributed by atoms with Crippen molar-refractivity contribution in [1.82, 2.24) is 10.2 Å². The highest BCUT2D eigenvalue weighted by Gasteiger charge is 2.39. The third-order valence-electron chi connectivity index (χ3n) is 4.28. The molecule has 24 heavy (non-hydrogen) atoms. The van der Waals surface area contributed by atoms with Crippen molar-refractivity contribution in [3.8, 4) is 0 Å².